The fourth-order valence-corrected chi connectivity index (χ4v) is 5.79. The normalized spacial score (nSPS) is 19.3. The first-order chi connectivity index (χ1) is 22.4. The lowest BCUT2D eigenvalue weighted by molar-refractivity contribution is -0.139. The molecule has 0 unspecified atom stereocenters. The van der Waals surface area contributed by atoms with Crippen LogP contribution in [0.5, 0.6) is 17.2 Å². The van der Waals surface area contributed by atoms with Crippen molar-refractivity contribution in [2.24, 2.45) is 0 Å². The third-order valence-corrected chi connectivity index (χ3v) is 8.26. The quantitative estimate of drug-likeness (QED) is 0.394. The average molecular weight is 631 g/mol. The Morgan fingerprint density at radius 1 is 1.04 bits per heavy atom. The van der Waals surface area contributed by atoms with Crippen molar-refractivity contribution in [1.29, 1.82) is 0 Å². The molecule has 0 spiro atoms. The fraction of sp³-hybridized carbons (Fsp3) is 0.429. The molecule has 0 saturated carbocycles. The largest absolute Gasteiger partial charge is 0.493 e. The van der Waals surface area contributed by atoms with E-state index >= 15 is 0 Å². The SMILES string of the molecule is COCCCN1CC(=O)N[C@H]2CN(C(=O)Cc3ccncc3)CC[C@H]2OCc2cccc(c2)Oc2ccc(cc2OC)CCC1=O. The van der Waals surface area contributed by atoms with Crippen LogP contribution in [0.4, 0.5) is 0 Å². The van der Waals surface area contributed by atoms with Crippen LogP contribution < -0.4 is 14.8 Å². The van der Waals surface area contributed by atoms with Crippen molar-refractivity contribution in [3.63, 3.8) is 0 Å². The molecule has 3 amide bonds. The highest BCUT2D eigenvalue weighted by atomic mass is 16.5. The number of nitrogens with zero attached hydrogens (tertiary/aromatic N) is 3. The number of nitrogens with one attached hydrogen (secondary N) is 1. The van der Waals surface area contributed by atoms with E-state index < -0.39 is 6.04 Å². The molecular weight excluding hydrogens is 588 g/mol. The predicted molar refractivity (Wildman–Crippen MR) is 171 cm³/mol. The number of amides is 3. The van der Waals surface area contributed by atoms with Crippen LogP contribution >= 0.6 is 0 Å². The second-order valence-electron chi connectivity index (χ2n) is 11.6. The second kappa shape index (κ2) is 16.2. The van der Waals surface area contributed by atoms with Gasteiger partial charge in [-0.3, -0.25) is 19.4 Å². The summed E-state index contributed by atoms with van der Waals surface area (Å²) in [6.07, 6.45) is 5.08. The van der Waals surface area contributed by atoms with Gasteiger partial charge in [0.15, 0.2) is 11.5 Å². The van der Waals surface area contributed by atoms with Gasteiger partial charge in [-0.25, -0.2) is 0 Å². The van der Waals surface area contributed by atoms with E-state index in [-0.39, 0.29) is 49.8 Å². The zero-order valence-corrected chi connectivity index (χ0v) is 26.5. The van der Waals surface area contributed by atoms with Crippen LogP contribution in [0.1, 0.15) is 36.0 Å². The first kappa shape index (κ1) is 32.9. The van der Waals surface area contributed by atoms with E-state index in [0.717, 1.165) is 16.7 Å². The maximum absolute atomic E-state index is 13.5. The van der Waals surface area contributed by atoms with Gasteiger partial charge in [0.25, 0.3) is 0 Å². The molecule has 11 heteroatoms. The monoisotopic (exact) mass is 630 g/mol. The average Bonchev–Trinajstić information content (AvgIpc) is 3.07. The number of benzene rings is 2. The van der Waals surface area contributed by atoms with Crippen molar-refractivity contribution in [3.8, 4) is 17.2 Å². The van der Waals surface area contributed by atoms with Crippen LogP contribution in [0.15, 0.2) is 67.0 Å². The Morgan fingerprint density at radius 2 is 1.89 bits per heavy atom. The maximum Gasteiger partial charge on any atom is 0.239 e. The summed E-state index contributed by atoms with van der Waals surface area (Å²) >= 11 is 0. The number of ether oxygens (including phenoxy) is 4. The van der Waals surface area contributed by atoms with E-state index in [1.54, 1.807) is 36.4 Å². The number of carbonyl (C=O) groups excluding carboxylic acids is 3. The third kappa shape index (κ3) is 9.04. The Labute approximate surface area is 269 Å². The van der Waals surface area contributed by atoms with Crippen molar-refractivity contribution < 1.29 is 33.3 Å². The van der Waals surface area contributed by atoms with Crippen LogP contribution in [0.3, 0.4) is 0 Å². The van der Waals surface area contributed by atoms with Gasteiger partial charge in [0.05, 0.1) is 38.8 Å². The Morgan fingerprint density at radius 3 is 2.70 bits per heavy atom. The summed E-state index contributed by atoms with van der Waals surface area (Å²) in [6, 6.07) is 16.5. The van der Waals surface area contributed by atoms with Crippen LogP contribution in [-0.4, -0.2) is 91.7 Å². The number of rotatable bonds is 7. The molecule has 3 aromatic rings. The molecule has 4 bridgehead atoms. The highest BCUT2D eigenvalue weighted by molar-refractivity contribution is 5.85. The Hall–Kier alpha value is -4.48. The van der Waals surface area contributed by atoms with E-state index in [0.29, 0.717) is 62.8 Å². The molecule has 6 rings (SSSR count). The topological polar surface area (TPSA) is 120 Å². The smallest absolute Gasteiger partial charge is 0.239 e. The lowest BCUT2D eigenvalue weighted by atomic mass is 10.0. The molecule has 11 nitrogen and oxygen atoms in total. The summed E-state index contributed by atoms with van der Waals surface area (Å²) in [4.78, 5) is 47.6. The number of fused-ring (bicyclic) bond motifs is 9. The highest BCUT2D eigenvalue weighted by Crippen LogP contribution is 2.33. The molecule has 2 atom stereocenters. The van der Waals surface area contributed by atoms with Crippen molar-refractivity contribution in [2.45, 2.75) is 50.9 Å². The summed E-state index contributed by atoms with van der Waals surface area (Å²) in [5.41, 5.74) is 2.70. The van der Waals surface area contributed by atoms with Gasteiger partial charge in [-0.2, -0.15) is 0 Å². The van der Waals surface area contributed by atoms with Gasteiger partial charge in [-0.15, -0.1) is 0 Å². The number of carbonyl (C=O) groups is 3. The molecule has 0 radical (unpaired) electrons. The molecule has 2 aromatic carbocycles. The number of aryl methyl sites for hydroxylation is 1. The summed E-state index contributed by atoms with van der Waals surface area (Å²) in [5.74, 6) is 1.30. The molecule has 1 fully saturated rings. The molecule has 4 heterocycles. The minimum Gasteiger partial charge on any atom is -0.493 e. The van der Waals surface area contributed by atoms with Gasteiger partial charge in [0.1, 0.15) is 5.75 Å². The maximum atomic E-state index is 13.5. The van der Waals surface area contributed by atoms with Crippen molar-refractivity contribution in [2.75, 3.05) is 47.0 Å². The van der Waals surface area contributed by atoms with Crippen molar-refractivity contribution >= 4 is 17.7 Å². The molecule has 46 heavy (non-hydrogen) atoms. The predicted octanol–water partition coefficient (Wildman–Crippen LogP) is 3.54. The Kier molecular flexibility index (Phi) is 11.6. The van der Waals surface area contributed by atoms with Gasteiger partial charge in [0.2, 0.25) is 17.7 Å². The Balaban J connectivity index is 1.38. The molecule has 1 N–H and O–H groups in total. The first-order valence-electron chi connectivity index (χ1n) is 15.7. The zero-order chi connectivity index (χ0) is 32.3. The van der Waals surface area contributed by atoms with Gasteiger partial charge >= 0.3 is 0 Å². The first-order valence-corrected chi connectivity index (χ1v) is 15.7. The molecule has 244 valence electrons. The number of hydrogen-bond acceptors (Lipinski definition) is 8. The van der Waals surface area contributed by atoms with E-state index in [4.69, 9.17) is 18.9 Å². The summed E-state index contributed by atoms with van der Waals surface area (Å²) in [5, 5.41) is 3.11. The van der Waals surface area contributed by atoms with Crippen LogP contribution in [0, 0.1) is 0 Å². The van der Waals surface area contributed by atoms with Crippen molar-refractivity contribution in [1.82, 2.24) is 20.1 Å². The van der Waals surface area contributed by atoms with Gasteiger partial charge in [-0.05, 0) is 72.4 Å². The van der Waals surface area contributed by atoms with Gasteiger partial charge in [0, 0.05) is 52.2 Å². The summed E-state index contributed by atoms with van der Waals surface area (Å²) in [7, 11) is 3.19. The van der Waals surface area contributed by atoms with Crippen LogP contribution in [0.25, 0.3) is 0 Å². The molecule has 0 aliphatic carbocycles. The third-order valence-electron chi connectivity index (χ3n) is 8.26. The summed E-state index contributed by atoms with van der Waals surface area (Å²) in [6.45, 7) is 1.84. The fourth-order valence-electron chi connectivity index (χ4n) is 5.79. The standard InChI is InChI=1S/C35H42N4O7/c1-43-18-4-16-38-23-33(40)37-29-22-39(35(42)21-26-11-14-36-15-12-26)17-13-30(29)45-24-27-5-3-6-28(19-27)46-31-9-7-25(8-10-34(38)41)20-32(31)44-2/h3,5-7,9,11-12,14-15,19-20,29-30H,4,8,10,13,16-18,21-24H2,1-2H3,(H,37,40)/t29-,30+/m0/s1. The minimum absolute atomic E-state index is 0.0297. The molecular formula is C35H42N4O7. The molecule has 3 aliphatic heterocycles. The highest BCUT2D eigenvalue weighted by Gasteiger charge is 2.34. The lowest BCUT2D eigenvalue weighted by Gasteiger charge is -2.39. The number of aromatic nitrogens is 1. The molecule has 1 saturated heterocycles. The van der Waals surface area contributed by atoms with E-state index in [1.165, 1.54) is 0 Å². The second-order valence-corrected chi connectivity index (χ2v) is 11.6. The number of pyridine rings is 1. The summed E-state index contributed by atoms with van der Waals surface area (Å²) < 4.78 is 23.4. The lowest BCUT2D eigenvalue weighted by Crippen LogP contribution is -2.58. The van der Waals surface area contributed by atoms with E-state index in [1.807, 2.05) is 54.6 Å². The molecule has 1 aromatic heterocycles. The minimum atomic E-state index is -0.459. The van der Waals surface area contributed by atoms with Crippen LogP contribution in [0.2, 0.25) is 0 Å². The number of piperidine rings is 1. The number of methoxy groups -OCH3 is 2. The molecule has 3 aliphatic rings. The number of hydrogen-bond donors (Lipinski definition) is 1. The van der Waals surface area contributed by atoms with E-state index in [2.05, 4.69) is 10.3 Å². The number of likely N-dealkylation sites (tertiary alicyclic amines) is 1. The van der Waals surface area contributed by atoms with Gasteiger partial charge in [-0.1, -0.05) is 18.2 Å². The Bertz CT molecular complexity index is 1480. The van der Waals surface area contributed by atoms with Gasteiger partial charge < -0.3 is 34.1 Å². The van der Waals surface area contributed by atoms with Crippen molar-refractivity contribution in [3.05, 3.63) is 83.7 Å². The van der Waals surface area contributed by atoms with E-state index in [9.17, 15) is 14.4 Å². The zero-order valence-electron chi connectivity index (χ0n) is 26.5. The van der Waals surface area contributed by atoms with Crippen LogP contribution in [-0.2, 0) is 43.3 Å².